The van der Waals surface area contributed by atoms with Crippen molar-refractivity contribution < 1.29 is 5.11 Å². The fourth-order valence-electron chi connectivity index (χ4n) is 1.17. The molecule has 4 heteroatoms. The van der Waals surface area contributed by atoms with Gasteiger partial charge in [0.1, 0.15) is 11.6 Å². The van der Waals surface area contributed by atoms with Crippen LogP contribution in [0.4, 0.5) is 5.82 Å². The van der Waals surface area contributed by atoms with E-state index >= 15 is 0 Å². The summed E-state index contributed by atoms with van der Waals surface area (Å²) >= 11 is 0. The Morgan fingerprint density at radius 3 is 2.50 bits per heavy atom. The van der Waals surface area contributed by atoms with Gasteiger partial charge >= 0.3 is 0 Å². The zero-order valence-electron chi connectivity index (χ0n) is 9.13. The monoisotopic (exact) mass is 195 g/mol. The lowest BCUT2D eigenvalue weighted by molar-refractivity contribution is 0.234. The summed E-state index contributed by atoms with van der Waals surface area (Å²) in [6, 6.07) is 1.87. The average Bonchev–Trinajstić information content (AvgIpc) is 2.01. The molecule has 0 aliphatic rings. The molecule has 1 aromatic rings. The maximum absolute atomic E-state index is 9.09. The van der Waals surface area contributed by atoms with Gasteiger partial charge in [-0.15, -0.1) is 0 Å². The first-order chi connectivity index (χ1) is 6.43. The van der Waals surface area contributed by atoms with Crippen molar-refractivity contribution in [1.29, 1.82) is 0 Å². The van der Waals surface area contributed by atoms with E-state index in [9.17, 15) is 0 Å². The number of aromatic nitrogens is 2. The third-order valence-corrected chi connectivity index (χ3v) is 1.83. The van der Waals surface area contributed by atoms with Gasteiger partial charge < -0.3 is 10.4 Å². The minimum absolute atomic E-state index is 0.0646. The van der Waals surface area contributed by atoms with Crippen LogP contribution in [0.2, 0.25) is 0 Å². The number of aryl methyl sites for hydroxylation is 2. The maximum Gasteiger partial charge on any atom is 0.130 e. The van der Waals surface area contributed by atoms with Crippen LogP contribution < -0.4 is 5.32 Å². The van der Waals surface area contributed by atoms with E-state index in [1.807, 2.05) is 33.8 Å². The third kappa shape index (κ3) is 2.96. The maximum atomic E-state index is 9.09. The zero-order chi connectivity index (χ0) is 10.8. The highest BCUT2D eigenvalue weighted by Crippen LogP contribution is 2.12. The van der Waals surface area contributed by atoms with Gasteiger partial charge in [-0.1, -0.05) is 0 Å². The van der Waals surface area contributed by atoms with Crippen LogP contribution in [0.15, 0.2) is 6.07 Å². The molecule has 0 saturated heterocycles. The minimum Gasteiger partial charge on any atom is -0.394 e. The zero-order valence-corrected chi connectivity index (χ0v) is 9.13. The summed E-state index contributed by atoms with van der Waals surface area (Å²) in [6.45, 7) is 7.67. The number of rotatable bonds is 3. The highest BCUT2D eigenvalue weighted by atomic mass is 16.3. The van der Waals surface area contributed by atoms with Gasteiger partial charge in [-0.05, 0) is 27.7 Å². The molecule has 0 aliphatic carbocycles. The molecule has 0 unspecified atom stereocenters. The predicted octanol–water partition coefficient (Wildman–Crippen LogP) is 1.28. The molecule has 0 radical (unpaired) electrons. The van der Waals surface area contributed by atoms with Crippen LogP contribution in [-0.2, 0) is 0 Å². The highest BCUT2D eigenvalue weighted by molar-refractivity contribution is 5.38. The molecule has 0 aromatic carbocycles. The van der Waals surface area contributed by atoms with Crippen molar-refractivity contribution in [2.75, 3.05) is 11.9 Å². The van der Waals surface area contributed by atoms with E-state index in [1.165, 1.54) is 0 Å². The molecular formula is C10H17N3O. The van der Waals surface area contributed by atoms with Crippen molar-refractivity contribution >= 4 is 5.82 Å². The van der Waals surface area contributed by atoms with E-state index in [-0.39, 0.29) is 12.1 Å². The van der Waals surface area contributed by atoms with Crippen LogP contribution in [-0.4, -0.2) is 27.2 Å². The number of nitrogens with one attached hydrogen (secondary N) is 1. The Hall–Kier alpha value is -1.16. The topological polar surface area (TPSA) is 58.0 Å². The van der Waals surface area contributed by atoms with E-state index in [2.05, 4.69) is 15.3 Å². The van der Waals surface area contributed by atoms with Gasteiger partial charge in [-0.2, -0.15) is 0 Å². The molecule has 2 N–H and O–H groups in total. The normalized spacial score (nSPS) is 11.5. The van der Waals surface area contributed by atoms with E-state index < -0.39 is 0 Å². The van der Waals surface area contributed by atoms with Crippen LogP contribution in [0.5, 0.6) is 0 Å². The third-order valence-electron chi connectivity index (χ3n) is 1.83. The van der Waals surface area contributed by atoms with Crippen molar-refractivity contribution in [3.05, 3.63) is 17.6 Å². The molecule has 1 aromatic heterocycles. The highest BCUT2D eigenvalue weighted by Gasteiger charge is 2.16. The number of hydrogen-bond donors (Lipinski definition) is 2. The molecule has 0 aliphatic heterocycles. The van der Waals surface area contributed by atoms with Crippen LogP contribution in [0.3, 0.4) is 0 Å². The summed E-state index contributed by atoms with van der Waals surface area (Å²) in [7, 11) is 0. The molecule has 14 heavy (non-hydrogen) atoms. The molecule has 4 nitrogen and oxygen atoms in total. The average molecular weight is 195 g/mol. The van der Waals surface area contributed by atoms with Crippen LogP contribution in [0.25, 0.3) is 0 Å². The summed E-state index contributed by atoms with van der Waals surface area (Å²) in [6.07, 6.45) is 0. The van der Waals surface area contributed by atoms with Crippen molar-refractivity contribution in [3.63, 3.8) is 0 Å². The minimum atomic E-state index is -0.354. The largest absolute Gasteiger partial charge is 0.394 e. The molecule has 0 spiro atoms. The Balaban J connectivity index is 2.87. The van der Waals surface area contributed by atoms with Gasteiger partial charge in [0, 0.05) is 11.8 Å². The Bertz CT molecular complexity index is 303. The standard InChI is InChI=1S/C10H17N3O/c1-7-5-9(12-8(2)11-7)13-10(3,4)6-14/h5,14H,6H2,1-4H3,(H,11,12,13). The van der Waals surface area contributed by atoms with Gasteiger partial charge in [-0.25, -0.2) is 9.97 Å². The molecule has 0 fully saturated rings. The number of anilines is 1. The van der Waals surface area contributed by atoms with Gasteiger partial charge in [-0.3, -0.25) is 0 Å². The summed E-state index contributed by atoms with van der Waals surface area (Å²) in [5, 5.41) is 12.2. The number of nitrogens with zero attached hydrogens (tertiary/aromatic N) is 2. The second-order valence-electron chi connectivity index (χ2n) is 4.11. The van der Waals surface area contributed by atoms with Gasteiger partial charge in [0.05, 0.1) is 12.1 Å². The quantitative estimate of drug-likeness (QED) is 0.762. The fourth-order valence-corrected chi connectivity index (χ4v) is 1.17. The smallest absolute Gasteiger partial charge is 0.130 e. The lowest BCUT2D eigenvalue weighted by atomic mass is 10.1. The molecule has 0 bridgehead atoms. The Labute approximate surface area is 84.4 Å². The first-order valence-corrected chi connectivity index (χ1v) is 4.64. The summed E-state index contributed by atoms with van der Waals surface area (Å²) in [5.74, 6) is 1.50. The Morgan fingerprint density at radius 2 is 2.00 bits per heavy atom. The Morgan fingerprint density at radius 1 is 1.36 bits per heavy atom. The summed E-state index contributed by atoms with van der Waals surface area (Å²) < 4.78 is 0. The van der Waals surface area contributed by atoms with E-state index in [4.69, 9.17) is 5.11 Å². The molecule has 0 amide bonds. The van der Waals surface area contributed by atoms with E-state index in [0.717, 1.165) is 17.3 Å². The van der Waals surface area contributed by atoms with Gasteiger partial charge in [0.15, 0.2) is 0 Å². The summed E-state index contributed by atoms with van der Waals surface area (Å²) in [4.78, 5) is 8.41. The lowest BCUT2D eigenvalue weighted by Crippen LogP contribution is -2.35. The molecule has 1 rings (SSSR count). The van der Waals surface area contributed by atoms with Gasteiger partial charge in [0.25, 0.3) is 0 Å². The predicted molar refractivity (Wildman–Crippen MR) is 56.3 cm³/mol. The van der Waals surface area contributed by atoms with Crippen molar-refractivity contribution in [2.45, 2.75) is 33.2 Å². The molecule has 0 atom stereocenters. The molecular weight excluding hydrogens is 178 g/mol. The fraction of sp³-hybridized carbons (Fsp3) is 0.600. The number of aliphatic hydroxyl groups is 1. The second-order valence-corrected chi connectivity index (χ2v) is 4.11. The first kappa shape index (κ1) is 10.9. The Kier molecular flexibility index (Phi) is 3.06. The van der Waals surface area contributed by atoms with Crippen molar-refractivity contribution in [1.82, 2.24) is 9.97 Å². The first-order valence-electron chi connectivity index (χ1n) is 4.64. The van der Waals surface area contributed by atoms with E-state index in [0.29, 0.717) is 0 Å². The second kappa shape index (κ2) is 3.92. The van der Waals surface area contributed by atoms with Crippen LogP contribution in [0, 0.1) is 13.8 Å². The van der Waals surface area contributed by atoms with Crippen LogP contribution in [0.1, 0.15) is 25.4 Å². The molecule has 1 heterocycles. The molecule has 0 saturated carbocycles. The summed E-state index contributed by atoms with van der Waals surface area (Å²) in [5.41, 5.74) is 0.571. The lowest BCUT2D eigenvalue weighted by Gasteiger charge is -2.24. The van der Waals surface area contributed by atoms with Crippen molar-refractivity contribution in [2.24, 2.45) is 0 Å². The van der Waals surface area contributed by atoms with Crippen molar-refractivity contribution in [3.8, 4) is 0 Å². The number of hydrogen-bond acceptors (Lipinski definition) is 4. The SMILES string of the molecule is Cc1cc(NC(C)(C)CO)nc(C)n1. The van der Waals surface area contributed by atoms with E-state index in [1.54, 1.807) is 0 Å². The number of aliphatic hydroxyl groups excluding tert-OH is 1. The van der Waals surface area contributed by atoms with Gasteiger partial charge in [0.2, 0.25) is 0 Å². The van der Waals surface area contributed by atoms with Crippen LogP contribution >= 0.6 is 0 Å². The molecule has 78 valence electrons.